The zero-order chi connectivity index (χ0) is 14.5. The Bertz CT molecular complexity index is 555. The molecule has 1 fully saturated rings. The lowest BCUT2D eigenvalue weighted by Gasteiger charge is -2.28. The van der Waals surface area contributed by atoms with E-state index in [4.69, 9.17) is 4.74 Å². The molecule has 2 aromatic rings. The molecule has 0 spiro atoms. The fourth-order valence-electron chi connectivity index (χ4n) is 2.53. The van der Waals surface area contributed by atoms with Crippen LogP contribution in [0.1, 0.15) is 24.1 Å². The van der Waals surface area contributed by atoms with Gasteiger partial charge in [0.15, 0.2) is 0 Å². The van der Waals surface area contributed by atoms with E-state index >= 15 is 0 Å². The minimum absolute atomic E-state index is 0.460. The summed E-state index contributed by atoms with van der Waals surface area (Å²) >= 11 is 2.02. The number of rotatable bonds is 4. The summed E-state index contributed by atoms with van der Waals surface area (Å²) in [6.45, 7) is 2.87. The van der Waals surface area contributed by atoms with E-state index in [-0.39, 0.29) is 0 Å². The molecule has 1 saturated heterocycles. The van der Waals surface area contributed by atoms with Crippen molar-refractivity contribution in [1.29, 1.82) is 0 Å². The van der Waals surface area contributed by atoms with E-state index in [9.17, 15) is 0 Å². The first-order valence-corrected chi connectivity index (χ1v) is 8.57. The molecule has 2 aromatic carbocycles. The number of hydrogen-bond acceptors (Lipinski definition) is 3. The Morgan fingerprint density at radius 1 is 1.05 bits per heavy atom. The molecule has 110 valence electrons. The molecule has 0 aliphatic carbocycles. The van der Waals surface area contributed by atoms with Crippen LogP contribution in [0.3, 0.4) is 0 Å². The molecular formula is C18H21NOS. The topological polar surface area (TPSA) is 21.3 Å². The van der Waals surface area contributed by atoms with Crippen LogP contribution in [0, 0.1) is 0 Å². The second-order valence-corrected chi connectivity index (χ2v) is 6.58. The molecular weight excluding hydrogens is 278 g/mol. The molecule has 1 aliphatic heterocycles. The molecule has 2 unspecified atom stereocenters. The van der Waals surface area contributed by atoms with Crippen molar-refractivity contribution < 1.29 is 4.74 Å². The highest BCUT2D eigenvalue weighted by atomic mass is 32.2. The zero-order valence-electron chi connectivity index (χ0n) is 12.3. The van der Waals surface area contributed by atoms with Crippen molar-refractivity contribution in [2.24, 2.45) is 0 Å². The second kappa shape index (κ2) is 7.01. The minimum Gasteiger partial charge on any atom is -0.489 e. The third-order valence-corrected chi connectivity index (χ3v) is 4.97. The maximum atomic E-state index is 5.83. The standard InChI is InChI=1S/C18H21NOS/c1-14-12-21-13-18(19-14)16-7-9-17(10-8-16)20-11-15-5-3-2-4-6-15/h2-10,14,18-19H,11-13H2,1H3. The Kier molecular flexibility index (Phi) is 4.84. The average molecular weight is 299 g/mol. The van der Waals surface area contributed by atoms with Crippen molar-refractivity contribution in [3.05, 3.63) is 65.7 Å². The van der Waals surface area contributed by atoms with Gasteiger partial charge >= 0.3 is 0 Å². The molecule has 0 amide bonds. The van der Waals surface area contributed by atoms with E-state index in [1.165, 1.54) is 16.9 Å². The summed E-state index contributed by atoms with van der Waals surface area (Å²) in [7, 11) is 0. The molecule has 3 rings (SSSR count). The maximum Gasteiger partial charge on any atom is 0.119 e. The summed E-state index contributed by atoms with van der Waals surface area (Å²) in [5.74, 6) is 3.28. The van der Waals surface area contributed by atoms with E-state index in [1.807, 2.05) is 30.0 Å². The Hall–Kier alpha value is -1.45. The minimum atomic E-state index is 0.460. The smallest absolute Gasteiger partial charge is 0.119 e. The SMILES string of the molecule is CC1CSCC(c2ccc(OCc3ccccc3)cc2)N1. The van der Waals surface area contributed by atoms with E-state index in [0.717, 1.165) is 11.5 Å². The Morgan fingerprint density at radius 3 is 2.52 bits per heavy atom. The summed E-state index contributed by atoms with van der Waals surface area (Å²) in [4.78, 5) is 0. The lowest BCUT2D eigenvalue weighted by atomic mass is 10.1. The predicted molar refractivity (Wildman–Crippen MR) is 89.9 cm³/mol. The first-order valence-electron chi connectivity index (χ1n) is 7.42. The van der Waals surface area contributed by atoms with Crippen LogP contribution >= 0.6 is 11.8 Å². The van der Waals surface area contributed by atoms with Gasteiger partial charge in [-0.1, -0.05) is 42.5 Å². The van der Waals surface area contributed by atoms with Gasteiger partial charge in [-0.25, -0.2) is 0 Å². The van der Waals surface area contributed by atoms with Crippen molar-refractivity contribution in [1.82, 2.24) is 5.32 Å². The summed E-state index contributed by atoms with van der Waals surface area (Å²) in [5, 5.41) is 3.65. The van der Waals surface area contributed by atoms with Gasteiger partial charge in [-0.3, -0.25) is 0 Å². The largest absolute Gasteiger partial charge is 0.489 e. The zero-order valence-corrected chi connectivity index (χ0v) is 13.1. The molecule has 0 saturated carbocycles. The van der Waals surface area contributed by atoms with E-state index < -0.39 is 0 Å². The monoisotopic (exact) mass is 299 g/mol. The highest BCUT2D eigenvalue weighted by molar-refractivity contribution is 7.99. The molecule has 1 heterocycles. The van der Waals surface area contributed by atoms with Crippen LogP contribution in [0.4, 0.5) is 0 Å². The molecule has 0 aromatic heterocycles. The van der Waals surface area contributed by atoms with E-state index in [0.29, 0.717) is 18.7 Å². The van der Waals surface area contributed by atoms with Gasteiger partial charge < -0.3 is 10.1 Å². The van der Waals surface area contributed by atoms with Gasteiger partial charge in [0.1, 0.15) is 12.4 Å². The van der Waals surface area contributed by atoms with Gasteiger partial charge in [-0.15, -0.1) is 0 Å². The molecule has 0 radical (unpaired) electrons. The van der Waals surface area contributed by atoms with Crippen LogP contribution < -0.4 is 10.1 Å². The molecule has 1 N–H and O–H groups in total. The van der Waals surface area contributed by atoms with Gasteiger partial charge in [-0.2, -0.15) is 11.8 Å². The Labute approximate surface area is 130 Å². The first kappa shape index (κ1) is 14.5. The normalized spacial score (nSPS) is 22.0. The fraction of sp³-hybridized carbons (Fsp3) is 0.333. The van der Waals surface area contributed by atoms with Gasteiger partial charge in [0.05, 0.1) is 0 Å². The third kappa shape index (κ3) is 4.02. The van der Waals surface area contributed by atoms with Crippen molar-refractivity contribution in [2.75, 3.05) is 11.5 Å². The highest BCUT2D eigenvalue weighted by Crippen LogP contribution is 2.26. The van der Waals surface area contributed by atoms with Crippen LogP contribution in [0.2, 0.25) is 0 Å². The lowest BCUT2D eigenvalue weighted by molar-refractivity contribution is 0.306. The number of thioether (sulfide) groups is 1. The van der Waals surface area contributed by atoms with E-state index in [1.54, 1.807) is 0 Å². The van der Waals surface area contributed by atoms with Gasteiger partial charge in [-0.05, 0) is 30.2 Å². The first-order chi connectivity index (χ1) is 10.3. The van der Waals surface area contributed by atoms with Crippen molar-refractivity contribution in [3.8, 4) is 5.75 Å². The highest BCUT2D eigenvalue weighted by Gasteiger charge is 2.19. The van der Waals surface area contributed by atoms with Crippen LogP contribution in [0.25, 0.3) is 0 Å². The number of benzene rings is 2. The molecule has 2 nitrogen and oxygen atoms in total. The van der Waals surface area contributed by atoms with Crippen LogP contribution in [-0.2, 0) is 6.61 Å². The molecule has 3 heteroatoms. The van der Waals surface area contributed by atoms with Crippen molar-refractivity contribution >= 4 is 11.8 Å². The van der Waals surface area contributed by atoms with Crippen LogP contribution in [0.5, 0.6) is 5.75 Å². The second-order valence-electron chi connectivity index (χ2n) is 5.50. The van der Waals surface area contributed by atoms with Crippen molar-refractivity contribution in [2.45, 2.75) is 25.6 Å². The number of hydrogen-bond donors (Lipinski definition) is 1. The number of nitrogens with one attached hydrogen (secondary N) is 1. The molecule has 0 bridgehead atoms. The Morgan fingerprint density at radius 2 is 1.81 bits per heavy atom. The summed E-state index contributed by atoms with van der Waals surface area (Å²) in [6.07, 6.45) is 0. The Balaban J connectivity index is 1.59. The summed E-state index contributed by atoms with van der Waals surface area (Å²) in [5.41, 5.74) is 2.54. The number of ether oxygens (including phenoxy) is 1. The van der Waals surface area contributed by atoms with E-state index in [2.05, 4.69) is 48.6 Å². The fourth-order valence-corrected chi connectivity index (χ4v) is 3.64. The van der Waals surface area contributed by atoms with Gasteiger partial charge in [0.2, 0.25) is 0 Å². The predicted octanol–water partition coefficient (Wildman–Crippen LogP) is 4.03. The summed E-state index contributed by atoms with van der Waals surface area (Å²) < 4.78 is 5.83. The average Bonchev–Trinajstić information content (AvgIpc) is 2.54. The van der Waals surface area contributed by atoms with Crippen molar-refractivity contribution in [3.63, 3.8) is 0 Å². The third-order valence-electron chi connectivity index (χ3n) is 3.67. The van der Waals surface area contributed by atoms with Gasteiger partial charge in [0, 0.05) is 23.6 Å². The van der Waals surface area contributed by atoms with Crippen LogP contribution in [0.15, 0.2) is 54.6 Å². The van der Waals surface area contributed by atoms with Gasteiger partial charge in [0.25, 0.3) is 0 Å². The summed E-state index contributed by atoms with van der Waals surface area (Å²) in [6, 6.07) is 19.8. The molecule has 1 aliphatic rings. The quantitative estimate of drug-likeness (QED) is 0.921. The molecule has 2 atom stereocenters. The lowest BCUT2D eigenvalue weighted by Crippen LogP contribution is -2.37. The van der Waals surface area contributed by atoms with Crippen LogP contribution in [-0.4, -0.2) is 17.5 Å². The maximum absolute atomic E-state index is 5.83. The molecule has 21 heavy (non-hydrogen) atoms.